The maximum Gasteiger partial charge on any atom is 0.319 e. The number of carbonyl (C=O) groups is 2. The number of halogens is 2. The molecule has 1 aromatic carbocycles. The van der Waals surface area contributed by atoms with Crippen molar-refractivity contribution < 1.29 is 19.4 Å². The Morgan fingerprint density at radius 3 is 2.71 bits per heavy atom. The molecule has 21 heavy (non-hydrogen) atoms. The Labute approximate surface area is 131 Å². The van der Waals surface area contributed by atoms with Crippen LogP contribution in [0, 0.1) is 5.41 Å². The van der Waals surface area contributed by atoms with Gasteiger partial charge in [-0.15, -0.1) is 0 Å². The van der Waals surface area contributed by atoms with E-state index in [4.69, 9.17) is 27.9 Å². The van der Waals surface area contributed by atoms with Crippen molar-refractivity contribution in [3.63, 3.8) is 0 Å². The van der Waals surface area contributed by atoms with Crippen LogP contribution in [0.4, 0.5) is 10.5 Å². The summed E-state index contributed by atoms with van der Waals surface area (Å²) in [7, 11) is 0. The van der Waals surface area contributed by atoms with Gasteiger partial charge in [-0.25, -0.2) is 4.79 Å². The minimum absolute atomic E-state index is 0.0556. The maximum atomic E-state index is 11.9. The second kappa shape index (κ2) is 6.09. The van der Waals surface area contributed by atoms with Crippen molar-refractivity contribution in [2.75, 3.05) is 18.5 Å². The Morgan fingerprint density at radius 2 is 2.10 bits per heavy atom. The molecule has 0 aromatic heterocycles. The van der Waals surface area contributed by atoms with Crippen LogP contribution in [0.1, 0.15) is 6.92 Å². The molecule has 1 heterocycles. The molecule has 2 rings (SSSR count). The first-order valence-corrected chi connectivity index (χ1v) is 6.92. The Hall–Kier alpha value is -1.50. The quantitative estimate of drug-likeness (QED) is 0.793. The molecule has 2 unspecified atom stereocenters. The topological polar surface area (TPSA) is 87.7 Å². The molecular weight excluding hydrogens is 319 g/mol. The predicted molar refractivity (Wildman–Crippen MR) is 79.0 cm³/mol. The molecule has 0 saturated carbocycles. The van der Waals surface area contributed by atoms with Crippen molar-refractivity contribution in [2.45, 2.75) is 13.0 Å². The molecule has 8 heteroatoms. The van der Waals surface area contributed by atoms with Crippen molar-refractivity contribution in [1.29, 1.82) is 0 Å². The fourth-order valence-corrected chi connectivity index (χ4v) is 2.28. The SMILES string of the molecule is CC1(C(=O)O)COCC1NC(=O)Nc1ccc(Cl)c(Cl)c1. The second-order valence-electron chi connectivity index (χ2n) is 5.02. The van der Waals surface area contributed by atoms with E-state index in [0.29, 0.717) is 15.7 Å². The van der Waals surface area contributed by atoms with Crippen molar-refractivity contribution in [2.24, 2.45) is 5.41 Å². The summed E-state index contributed by atoms with van der Waals surface area (Å²) >= 11 is 11.6. The number of ether oxygens (including phenoxy) is 1. The third-order valence-electron chi connectivity index (χ3n) is 3.43. The number of amides is 2. The van der Waals surface area contributed by atoms with E-state index in [9.17, 15) is 14.7 Å². The number of carboxylic acids is 1. The number of hydrogen-bond donors (Lipinski definition) is 3. The minimum atomic E-state index is -1.14. The van der Waals surface area contributed by atoms with E-state index in [-0.39, 0.29) is 13.2 Å². The Balaban J connectivity index is 2.01. The molecule has 1 saturated heterocycles. The van der Waals surface area contributed by atoms with Gasteiger partial charge in [0.15, 0.2) is 0 Å². The number of anilines is 1. The molecule has 1 aromatic rings. The molecule has 2 atom stereocenters. The van der Waals surface area contributed by atoms with Crippen molar-refractivity contribution in [3.05, 3.63) is 28.2 Å². The van der Waals surface area contributed by atoms with Crippen LogP contribution in [-0.4, -0.2) is 36.4 Å². The number of carboxylic acid groups (broad SMARTS) is 1. The van der Waals surface area contributed by atoms with E-state index in [1.807, 2.05) is 0 Å². The van der Waals surface area contributed by atoms with Crippen LogP contribution in [0.3, 0.4) is 0 Å². The highest BCUT2D eigenvalue weighted by Crippen LogP contribution is 2.29. The van der Waals surface area contributed by atoms with Gasteiger partial charge in [-0.3, -0.25) is 4.79 Å². The van der Waals surface area contributed by atoms with Crippen molar-refractivity contribution in [3.8, 4) is 0 Å². The third kappa shape index (κ3) is 3.40. The average Bonchev–Trinajstić information content (AvgIpc) is 2.77. The van der Waals surface area contributed by atoms with Gasteiger partial charge in [-0.05, 0) is 25.1 Å². The van der Waals surface area contributed by atoms with E-state index in [1.165, 1.54) is 13.0 Å². The Kier molecular flexibility index (Phi) is 4.61. The molecule has 1 aliphatic heterocycles. The zero-order valence-electron chi connectivity index (χ0n) is 11.2. The van der Waals surface area contributed by atoms with E-state index >= 15 is 0 Å². The maximum absolute atomic E-state index is 11.9. The minimum Gasteiger partial charge on any atom is -0.481 e. The summed E-state index contributed by atoms with van der Waals surface area (Å²) in [6.07, 6.45) is 0. The van der Waals surface area contributed by atoms with Gasteiger partial charge in [0.1, 0.15) is 5.41 Å². The molecule has 0 radical (unpaired) electrons. The summed E-state index contributed by atoms with van der Waals surface area (Å²) in [4.78, 5) is 23.2. The van der Waals surface area contributed by atoms with E-state index in [0.717, 1.165) is 0 Å². The molecule has 3 N–H and O–H groups in total. The molecule has 1 aliphatic rings. The van der Waals surface area contributed by atoms with Gasteiger partial charge in [0.05, 0.1) is 29.3 Å². The number of aliphatic carboxylic acids is 1. The third-order valence-corrected chi connectivity index (χ3v) is 4.17. The standard InChI is InChI=1S/C13H14Cl2N2O4/c1-13(11(18)19)6-21-5-10(13)17-12(20)16-7-2-3-8(14)9(15)4-7/h2-4,10H,5-6H2,1H3,(H,18,19)(H2,16,17,20). The number of benzene rings is 1. The summed E-state index contributed by atoms with van der Waals surface area (Å²) in [6, 6.07) is 3.51. The zero-order chi connectivity index (χ0) is 15.6. The van der Waals surface area contributed by atoms with Gasteiger partial charge in [0.25, 0.3) is 0 Å². The summed E-state index contributed by atoms with van der Waals surface area (Å²) in [5.41, 5.74) is -0.688. The smallest absolute Gasteiger partial charge is 0.319 e. The second-order valence-corrected chi connectivity index (χ2v) is 5.83. The van der Waals surface area contributed by atoms with Crippen molar-refractivity contribution in [1.82, 2.24) is 5.32 Å². The van der Waals surface area contributed by atoms with Crippen molar-refractivity contribution >= 4 is 40.9 Å². The summed E-state index contributed by atoms with van der Waals surface area (Å²) in [6.45, 7) is 1.74. The summed E-state index contributed by atoms with van der Waals surface area (Å²) in [5, 5.41) is 15.1. The van der Waals surface area contributed by atoms with E-state index < -0.39 is 23.5 Å². The molecule has 1 fully saturated rings. The zero-order valence-corrected chi connectivity index (χ0v) is 12.7. The summed E-state index contributed by atoms with van der Waals surface area (Å²) < 4.78 is 5.16. The molecule has 0 aliphatic carbocycles. The fraction of sp³-hybridized carbons (Fsp3) is 0.385. The molecule has 2 amide bonds. The van der Waals surface area contributed by atoms with Crippen LogP contribution < -0.4 is 10.6 Å². The number of urea groups is 1. The first kappa shape index (κ1) is 15.9. The van der Waals surface area contributed by atoms with Gasteiger partial charge in [-0.1, -0.05) is 23.2 Å². The first-order valence-electron chi connectivity index (χ1n) is 6.16. The lowest BCUT2D eigenvalue weighted by Gasteiger charge is -2.25. The molecule has 0 bridgehead atoms. The van der Waals surface area contributed by atoms with Crippen LogP contribution in [0.5, 0.6) is 0 Å². The number of hydrogen-bond acceptors (Lipinski definition) is 3. The predicted octanol–water partition coefficient (Wildman–Crippen LogP) is 2.60. The summed E-state index contributed by atoms with van der Waals surface area (Å²) in [5.74, 6) is -1.01. The molecule has 6 nitrogen and oxygen atoms in total. The highest BCUT2D eigenvalue weighted by Gasteiger charge is 2.47. The fourth-order valence-electron chi connectivity index (χ4n) is 1.98. The lowest BCUT2D eigenvalue weighted by atomic mass is 9.85. The molecule has 114 valence electrons. The normalized spacial score (nSPS) is 24.6. The molecular formula is C13H14Cl2N2O4. The first-order chi connectivity index (χ1) is 9.83. The highest BCUT2D eigenvalue weighted by atomic mass is 35.5. The monoisotopic (exact) mass is 332 g/mol. The van der Waals surface area contributed by atoms with E-state index in [1.54, 1.807) is 12.1 Å². The average molecular weight is 333 g/mol. The van der Waals surface area contributed by atoms with Crippen LogP contribution in [0.25, 0.3) is 0 Å². The van der Waals surface area contributed by atoms with Gasteiger partial charge in [0.2, 0.25) is 0 Å². The largest absolute Gasteiger partial charge is 0.481 e. The lowest BCUT2D eigenvalue weighted by molar-refractivity contribution is -0.148. The Bertz CT molecular complexity index is 581. The number of nitrogens with one attached hydrogen (secondary N) is 2. The highest BCUT2D eigenvalue weighted by molar-refractivity contribution is 6.42. The van der Waals surface area contributed by atoms with Gasteiger partial charge in [-0.2, -0.15) is 0 Å². The number of carbonyl (C=O) groups excluding carboxylic acids is 1. The van der Waals surface area contributed by atoms with E-state index in [2.05, 4.69) is 10.6 Å². The lowest BCUT2D eigenvalue weighted by Crippen LogP contribution is -2.50. The van der Waals surface area contributed by atoms with Crippen LogP contribution in [0.15, 0.2) is 18.2 Å². The van der Waals surface area contributed by atoms with Gasteiger partial charge >= 0.3 is 12.0 Å². The molecule has 0 spiro atoms. The van der Waals surface area contributed by atoms with Crippen LogP contribution in [-0.2, 0) is 9.53 Å². The number of rotatable bonds is 3. The van der Waals surface area contributed by atoms with Crippen LogP contribution >= 0.6 is 23.2 Å². The Morgan fingerprint density at radius 1 is 1.38 bits per heavy atom. The van der Waals surface area contributed by atoms with Crippen LogP contribution in [0.2, 0.25) is 10.0 Å². The van der Waals surface area contributed by atoms with Gasteiger partial charge < -0.3 is 20.5 Å². The van der Waals surface area contributed by atoms with Gasteiger partial charge in [0, 0.05) is 5.69 Å².